The topological polar surface area (TPSA) is 72.7 Å². The van der Waals surface area contributed by atoms with E-state index in [-0.39, 0.29) is 5.91 Å². The lowest BCUT2D eigenvalue weighted by molar-refractivity contribution is 0.0952. The molecule has 20 heavy (non-hydrogen) atoms. The number of benzene rings is 1. The predicted molar refractivity (Wildman–Crippen MR) is 75.6 cm³/mol. The molecule has 0 fully saturated rings. The molecule has 0 saturated heterocycles. The summed E-state index contributed by atoms with van der Waals surface area (Å²) in [6, 6.07) is 7.23. The van der Waals surface area contributed by atoms with Crippen LogP contribution in [0.25, 0.3) is 5.69 Å². The van der Waals surface area contributed by atoms with E-state index in [1.807, 2.05) is 12.1 Å². The Balaban J connectivity index is 1.95. The quantitative estimate of drug-likeness (QED) is 0.815. The number of hydrogen-bond acceptors (Lipinski definition) is 4. The summed E-state index contributed by atoms with van der Waals surface area (Å²) in [6.45, 7) is 5.06. The Morgan fingerprint density at radius 1 is 1.40 bits per heavy atom. The number of tetrazole rings is 1. The highest BCUT2D eigenvalue weighted by Crippen LogP contribution is 2.09. The van der Waals surface area contributed by atoms with Crippen molar-refractivity contribution in [2.24, 2.45) is 5.92 Å². The van der Waals surface area contributed by atoms with Gasteiger partial charge in [0.15, 0.2) is 0 Å². The molecule has 2 rings (SSSR count). The molecule has 0 radical (unpaired) electrons. The van der Waals surface area contributed by atoms with E-state index >= 15 is 0 Å². The van der Waals surface area contributed by atoms with Crippen LogP contribution in [0.1, 0.15) is 37.0 Å². The molecule has 6 heteroatoms. The summed E-state index contributed by atoms with van der Waals surface area (Å²) >= 11 is 0. The Bertz CT molecular complexity index is 550. The summed E-state index contributed by atoms with van der Waals surface area (Å²) < 4.78 is 1.52. The SMILES string of the molecule is CC(C)CCCNC(=O)c1cccc(-n2cnnn2)c1. The fourth-order valence-electron chi connectivity index (χ4n) is 1.88. The first-order valence-corrected chi connectivity index (χ1v) is 6.78. The average Bonchev–Trinajstić information content (AvgIpc) is 2.97. The molecule has 1 N–H and O–H groups in total. The molecule has 0 aliphatic rings. The van der Waals surface area contributed by atoms with Crippen LogP contribution in [-0.2, 0) is 0 Å². The molecule has 0 saturated carbocycles. The smallest absolute Gasteiger partial charge is 0.251 e. The molecule has 1 aromatic carbocycles. The van der Waals surface area contributed by atoms with Gasteiger partial charge in [-0.15, -0.1) is 5.10 Å². The van der Waals surface area contributed by atoms with Gasteiger partial charge in [0.2, 0.25) is 0 Å². The van der Waals surface area contributed by atoms with Gasteiger partial charge in [-0.05, 0) is 47.4 Å². The standard InChI is InChI=1S/C14H19N5O/c1-11(2)5-4-8-15-14(20)12-6-3-7-13(9-12)19-10-16-17-18-19/h3,6-7,9-11H,4-5,8H2,1-2H3,(H,15,20). The van der Waals surface area contributed by atoms with Gasteiger partial charge in [-0.2, -0.15) is 0 Å². The Morgan fingerprint density at radius 2 is 2.25 bits per heavy atom. The van der Waals surface area contributed by atoms with Crippen LogP contribution in [0, 0.1) is 5.92 Å². The highest BCUT2D eigenvalue weighted by atomic mass is 16.1. The number of aromatic nitrogens is 4. The highest BCUT2D eigenvalue weighted by molar-refractivity contribution is 5.94. The maximum absolute atomic E-state index is 12.0. The lowest BCUT2D eigenvalue weighted by atomic mass is 10.1. The van der Waals surface area contributed by atoms with Crippen molar-refractivity contribution in [2.45, 2.75) is 26.7 Å². The molecule has 106 valence electrons. The van der Waals surface area contributed by atoms with Crippen LogP contribution in [0.2, 0.25) is 0 Å². The molecule has 2 aromatic rings. The molecule has 1 amide bonds. The first kappa shape index (κ1) is 14.2. The second kappa shape index (κ2) is 6.79. The van der Waals surface area contributed by atoms with E-state index in [1.54, 1.807) is 12.1 Å². The second-order valence-electron chi connectivity index (χ2n) is 5.10. The molecule has 0 spiro atoms. The van der Waals surface area contributed by atoms with E-state index in [9.17, 15) is 4.79 Å². The van der Waals surface area contributed by atoms with Crippen molar-refractivity contribution in [3.63, 3.8) is 0 Å². The van der Waals surface area contributed by atoms with E-state index in [0.29, 0.717) is 18.0 Å². The van der Waals surface area contributed by atoms with Crippen LogP contribution in [0.5, 0.6) is 0 Å². The number of carbonyl (C=O) groups is 1. The van der Waals surface area contributed by atoms with Gasteiger partial charge in [-0.3, -0.25) is 4.79 Å². The van der Waals surface area contributed by atoms with Crippen molar-refractivity contribution in [3.8, 4) is 5.69 Å². The molecular weight excluding hydrogens is 254 g/mol. The zero-order valence-corrected chi connectivity index (χ0v) is 11.8. The number of rotatable bonds is 6. The average molecular weight is 273 g/mol. The maximum atomic E-state index is 12.0. The molecule has 0 aliphatic heterocycles. The lowest BCUT2D eigenvalue weighted by Crippen LogP contribution is -2.24. The minimum atomic E-state index is -0.0660. The Morgan fingerprint density at radius 3 is 2.95 bits per heavy atom. The fraction of sp³-hybridized carbons (Fsp3) is 0.429. The molecule has 0 aliphatic carbocycles. The summed E-state index contributed by atoms with van der Waals surface area (Å²) in [5.41, 5.74) is 1.38. The molecule has 6 nitrogen and oxygen atoms in total. The summed E-state index contributed by atoms with van der Waals surface area (Å²) in [5, 5.41) is 13.9. The van der Waals surface area contributed by atoms with Crippen molar-refractivity contribution in [1.29, 1.82) is 0 Å². The van der Waals surface area contributed by atoms with Gasteiger partial charge in [-0.25, -0.2) is 4.68 Å². The summed E-state index contributed by atoms with van der Waals surface area (Å²) in [5.74, 6) is 0.596. The van der Waals surface area contributed by atoms with Crippen LogP contribution in [0.4, 0.5) is 0 Å². The number of hydrogen-bond donors (Lipinski definition) is 1. The number of nitrogens with zero attached hydrogens (tertiary/aromatic N) is 4. The third-order valence-electron chi connectivity index (χ3n) is 2.97. The van der Waals surface area contributed by atoms with Gasteiger partial charge in [0.1, 0.15) is 6.33 Å². The van der Waals surface area contributed by atoms with Crippen molar-refractivity contribution in [2.75, 3.05) is 6.54 Å². The van der Waals surface area contributed by atoms with E-state index < -0.39 is 0 Å². The van der Waals surface area contributed by atoms with Crippen LogP contribution in [0.15, 0.2) is 30.6 Å². The number of amides is 1. The van der Waals surface area contributed by atoms with E-state index in [1.165, 1.54) is 11.0 Å². The molecule has 1 aromatic heterocycles. The Labute approximate surface area is 118 Å². The number of nitrogens with one attached hydrogen (secondary N) is 1. The zero-order chi connectivity index (χ0) is 14.4. The van der Waals surface area contributed by atoms with Gasteiger partial charge < -0.3 is 5.32 Å². The second-order valence-corrected chi connectivity index (χ2v) is 5.10. The third-order valence-corrected chi connectivity index (χ3v) is 2.97. The largest absolute Gasteiger partial charge is 0.352 e. The molecule has 1 heterocycles. The molecular formula is C14H19N5O. The predicted octanol–water partition coefficient (Wildman–Crippen LogP) is 1.83. The van der Waals surface area contributed by atoms with E-state index in [0.717, 1.165) is 18.5 Å². The minimum absolute atomic E-state index is 0.0660. The van der Waals surface area contributed by atoms with Crippen molar-refractivity contribution in [1.82, 2.24) is 25.5 Å². The van der Waals surface area contributed by atoms with Gasteiger partial charge in [0.05, 0.1) is 5.69 Å². The summed E-state index contributed by atoms with van der Waals surface area (Å²) in [7, 11) is 0. The van der Waals surface area contributed by atoms with Crippen LogP contribution >= 0.6 is 0 Å². The minimum Gasteiger partial charge on any atom is -0.352 e. The van der Waals surface area contributed by atoms with Crippen LogP contribution in [-0.4, -0.2) is 32.7 Å². The summed E-state index contributed by atoms with van der Waals surface area (Å²) in [4.78, 5) is 12.0. The van der Waals surface area contributed by atoms with E-state index in [2.05, 4.69) is 34.7 Å². The van der Waals surface area contributed by atoms with Gasteiger partial charge in [0, 0.05) is 12.1 Å². The van der Waals surface area contributed by atoms with Gasteiger partial charge in [-0.1, -0.05) is 19.9 Å². The third kappa shape index (κ3) is 3.88. The van der Waals surface area contributed by atoms with Gasteiger partial charge in [0.25, 0.3) is 5.91 Å². The first-order chi connectivity index (χ1) is 9.66. The zero-order valence-electron chi connectivity index (χ0n) is 11.8. The summed E-state index contributed by atoms with van der Waals surface area (Å²) in [6.07, 6.45) is 3.61. The normalized spacial score (nSPS) is 10.8. The van der Waals surface area contributed by atoms with Crippen LogP contribution in [0.3, 0.4) is 0 Å². The maximum Gasteiger partial charge on any atom is 0.251 e. The van der Waals surface area contributed by atoms with Crippen molar-refractivity contribution >= 4 is 5.91 Å². The lowest BCUT2D eigenvalue weighted by Gasteiger charge is -2.08. The molecule has 0 unspecified atom stereocenters. The van der Waals surface area contributed by atoms with E-state index in [4.69, 9.17) is 0 Å². The Kier molecular flexibility index (Phi) is 4.81. The van der Waals surface area contributed by atoms with Crippen LogP contribution < -0.4 is 5.32 Å². The first-order valence-electron chi connectivity index (χ1n) is 6.78. The van der Waals surface area contributed by atoms with Gasteiger partial charge >= 0.3 is 0 Å². The fourth-order valence-corrected chi connectivity index (χ4v) is 1.88. The molecule has 0 bridgehead atoms. The Hall–Kier alpha value is -2.24. The monoisotopic (exact) mass is 273 g/mol. The highest BCUT2D eigenvalue weighted by Gasteiger charge is 2.07. The molecule has 0 atom stereocenters. The number of carbonyl (C=O) groups excluding carboxylic acids is 1. The van der Waals surface area contributed by atoms with Crippen molar-refractivity contribution in [3.05, 3.63) is 36.2 Å². The van der Waals surface area contributed by atoms with Crippen molar-refractivity contribution < 1.29 is 4.79 Å².